The highest BCUT2D eigenvalue weighted by atomic mass is 32.2. The lowest BCUT2D eigenvalue weighted by atomic mass is 10.0. The Balaban J connectivity index is 2.03. The van der Waals surface area contributed by atoms with Crippen molar-refractivity contribution in [2.75, 3.05) is 18.1 Å². The third-order valence-electron chi connectivity index (χ3n) is 2.94. The van der Waals surface area contributed by atoms with Gasteiger partial charge in [0.25, 0.3) is 0 Å². The van der Waals surface area contributed by atoms with Crippen LogP contribution in [0.3, 0.4) is 0 Å². The summed E-state index contributed by atoms with van der Waals surface area (Å²) in [6.45, 7) is 7.47. The summed E-state index contributed by atoms with van der Waals surface area (Å²) in [6.07, 6.45) is 0.898. The second-order valence-corrected chi connectivity index (χ2v) is 6.03. The number of aromatic nitrogens is 2. The lowest BCUT2D eigenvalue weighted by Crippen LogP contribution is -2.34. The van der Waals surface area contributed by atoms with Gasteiger partial charge < -0.3 is 9.84 Å². The zero-order valence-electron chi connectivity index (χ0n) is 10.8. The molecule has 1 aromatic rings. The van der Waals surface area contributed by atoms with Crippen molar-refractivity contribution in [1.29, 1.82) is 0 Å². The lowest BCUT2D eigenvalue weighted by Gasteiger charge is -2.15. The average molecular weight is 255 g/mol. The molecule has 1 aliphatic rings. The first-order valence-corrected chi connectivity index (χ1v) is 7.49. The van der Waals surface area contributed by atoms with Crippen molar-refractivity contribution in [3.8, 4) is 0 Å². The summed E-state index contributed by atoms with van der Waals surface area (Å²) in [4.78, 5) is 4.53. The molecular formula is C12H21N3OS. The number of thioether (sulfide) groups is 1. The summed E-state index contributed by atoms with van der Waals surface area (Å²) in [5.74, 6) is 4.84. The molecule has 1 N–H and O–H groups in total. The van der Waals surface area contributed by atoms with E-state index in [4.69, 9.17) is 4.52 Å². The van der Waals surface area contributed by atoms with Gasteiger partial charge in [-0.2, -0.15) is 16.7 Å². The minimum atomic E-state index is 0.383. The Hall–Kier alpha value is -0.550. The predicted octanol–water partition coefficient (Wildman–Crippen LogP) is 2.08. The summed E-state index contributed by atoms with van der Waals surface area (Å²) < 4.78 is 5.41. The Bertz CT molecular complexity index is 353. The maximum atomic E-state index is 5.41. The molecule has 5 heteroatoms. The summed E-state index contributed by atoms with van der Waals surface area (Å²) in [5, 5.41) is 7.57. The van der Waals surface area contributed by atoms with Crippen LogP contribution in [-0.2, 0) is 6.42 Å². The van der Waals surface area contributed by atoms with Crippen LogP contribution in [0.4, 0.5) is 0 Å². The van der Waals surface area contributed by atoms with Gasteiger partial charge in [-0.1, -0.05) is 25.9 Å². The highest BCUT2D eigenvalue weighted by Gasteiger charge is 2.32. The number of rotatable bonds is 5. The zero-order valence-corrected chi connectivity index (χ0v) is 11.6. The van der Waals surface area contributed by atoms with Crippen molar-refractivity contribution in [1.82, 2.24) is 15.5 Å². The molecule has 2 unspecified atom stereocenters. The Kier molecular flexibility index (Phi) is 4.45. The fraction of sp³-hybridized carbons (Fsp3) is 0.833. The Morgan fingerprint density at radius 1 is 1.47 bits per heavy atom. The highest BCUT2D eigenvalue weighted by molar-refractivity contribution is 7.99. The number of nitrogens with zero attached hydrogens (tertiary/aromatic N) is 2. The van der Waals surface area contributed by atoms with Gasteiger partial charge in [-0.15, -0.1) is 0 Å². The molecule has 2 heterocycles. The molecule has 0 aromatic carbocycles. The first-order chi connectivity index (χ1) is 8.20. The van der Waals surface area contributed by atoms with Crippen LogP contribution in [0, 0.1) is 5.92 Å². The van der Waals surface area contributed by atoms with Gasteiger partial charge in [0.15, 0.2) is 5.82 Å². The van der Waals surface area contributed by atoms with Gasteiger partial charge in [0, 0.05) is 24.0 Å². The summed E-state index contributed by atoms with van der Waals surface area (Å²) in [7, 11) is 0. The summed E-state index contributed by atoms with van der Waals surface area (Å²) >= 11 is 1.96. The quantitative estimate of drug-likeness (QED) is 0.873. The molecule has 96 valence electrons. The van der Waals surface area contributed by atoms with Crippen LogP contribution in [0.25, 0.3) is 0 Å². The number of nitrogens with one attached hydrogen (secondary N) is 1. The number of hydrogen-bond donors (Lipinski definition) is 1. The smallest absolute Gasteiger partial charge is 0.232 e. The van der Waals surface area contributed by atoms with Crippen molar-refractivity contribution < 1.29 is 4.52 Å². The van der Waals surface area contributed by atoms with Crippen LogP contribution in [0.1, 0.15) is 38.4 Å². The Morgan fingerprint density at radius 2 is 2.29 bits per heavy atom. The normalized spacial score (nSPS) is 24.7. The molecule has 1 aromatic heterocycles. The first kappa shape index (κ1) is 12.9. The van der Waals surface area contributed by atoms with Gasteiger partial charge >= 0.3 is 0 Å². The molecule has 0 amide bonds. The van der Waals surface area contributed by atoms with Gasteiger partial charge in [0.1, 0.15) is 0 Å². The minimum Gasteiger partial charge on any atom is -0.339 e. The maximum absolute atomic E-state index is 5.41. The molecule has 0 aliphatic carbocycles. The standard InChI is InChI=1S/C12H21N3OS/c1-4-13-10-7-17-6-9(10)12-14-11(15-16-12)5-8(2)3/h8-10,13H,4-7H2,1-3H3. The van der Waals surface area contributed by atoms with Crippen molar-refractivity contribution in [2.24, 2.45) is 5.92 Å². The average Bonchev–Trinajstić information content (AvgIpc) is 2.86. The zero-order chi connectivity index (χ0) is 12.3. The molecule has 1 fully saturated rings. The monoisotopic (exact) mass is 255 g/mol. The van der Waals surface area contributed by atoms with Gasteiger partial charge in [-0.3, -0.25) is 0 Å². The second kappa shape index (κ2) is 5.87. The van der Waals surface area contributed by atoms with Crippen LogP contribution in [0.5, 0.6) is 0 Å². The maximum Gasteiger partial charge on any atom is 0.232 e. The van der Waals surface area contributed by atoms with Gasteiger partial charge in [-0.05, 0) is 12.5 Å². The molecule has 4 nitrogen and oxygen atoms in total. The van der Waals surface area contributed by atoms with Crippen molar-refractivity contribution >= 4 is 11.8 Å². The van der Waals surface area contributed by atoms with E-state index in [0.717, 1.165) is 36.2 Å². The Labute approximate surface area is 107 Å². The van der Waals surface area contributed by atoms with Crippen molar-refractivity contribution in [3.63, 3.8) is 0 Å². The van der Waals surface area contributed by atoms with Crippen LogP contribution in [0.15, 0.2) is 4.52 Å². The van der Waals surface area contributed by atoms with E-state index < -0.39 is 0 Å². The molecule has 17 heavy (non-hydrogen) atoms. The van der Waals surface area contributed by atoms with Crippen LogP contribution >= 0.6 is 11.8 Å². The van der Waals surface area contributed by atoms with Crippen LogP contribution < -0.4 is 5.32 Å². The molecule has 0 radical (unpaired) electrons. The molecular weight excluding hydrogens is 234 g/mol. The third-order valence-corrected chi connectivity index (χ3v) is 4.13. The molecule has 0 saturated carbocycles. The number of likely N-dealkylation sites (N-methyl/N-ethyl adjacent to an activating group) is 1. The molecule has 1 saturated heterocycles. The van der Waals surface area contributed by atoms with E-state index >= 15 is 0 Å². The largest absolute Gasteiger partial charge is 0.339 e. The molecule has 2 rings (SSSR count). The van der Waals surface area contributed by atoms with Gasteiger partial charge in [0.2, 0.25) is 5.89 Å². The second-order valence-electron chi connectivity index (χ2n) is 4.95. The number of hydrogen-bond acceptors (Lipinski definition) is 5. The van der Waals surface area contributed by atoms with E-state index in [1.54, 1.807) is 0 Å². The van der Waals surface area contributed by atoms with E-state index in [1.807, 2.05) is 11.8 Å². The van der Waals surface area contributed by atoms with E-state index in [-0.39, 0.29) is 0 Å². The Morgan fingerprint density at radius 3 is 3.00 bits per heavy atom. The van der Waals surface area contributed by atoms with E-state index in [2.05, 4.69) is 36.2 Å². The fourth-order valence-electron chi connectivity index (χ4n) is 2.13. The predicted molar refractivity (Wildman–Crippen MR) is 70.4 cm³/mol. The third kappa shape index (κ3) is 3.22. The summed E-state index contributed by atoms with van der Waals surface area (Å²) in [5.41, 5.74) is 0. The molecule has 0 bridgehead atoms. The first-order valence-electron chi connectivity index (χ1n) is 6.34. The van der Waals surface area contributed by atoms with E-state index in [9.17, 15) is 0 Å². The fourth-order valence-corrected chi connectivity index (χ4v) is 3.50. The molecule has 0 spiro atoms. The lowest BCUT2D eigenvalue weighted by molar-refractivity contribution is 0.336. The van der Waals surface area contributed by atoms with Gasteiger partial charge in [0.05, 0.1) is 5.92 Å². The SMILES string of the molecule is CCNC1CSCC1c1nc(CC(C)C)no1. The van der Waals surface area contributed by atoms with Crippen molar-refractivity contribution in [3.05, 3.63) is 11.7 Å². The van der Waals surface area contributed by atoms with E-state index in [0.29, 0.717) is 17.9 Å². The summed E-state index contributed by atoms with van der Waals surface area (Å²) in [6, 6.07) is 0.484. The van der Waals surface area contributed by atoms with Crippen molar-refractivity contribution in [2.45, 2.75) is 39.2 Å². The molecule has 2 atom stereocenters. The van der Waals surface area contributed by atoms with Crippen LogP contribution in [-0.4, -0.2) is 34.2 Å². The molecule has 1 aliphatic heterocycles. The van der Waals surface area contributed by atoms with Gasteiger partial charge in [-0.25, -0.2) is 0 Å². The highest BCUT2D eigenvalue weighted by Crippen LogP contribution is 2.32. The topological polar surface area (TPSA) is 51.0 Å². The minimum absolute atomic E-state index is 0.383. The van der Waals surface area contributed by atoms with E-state index in [1.165, 1.54) is 0 Å². The van der Waals surface area contributed by atoms with Crippen LogP contribution in [0.2, 0.25) is 0 Å².